The molecule has 2 heterocycles. The fraction of sp³-hybridized carbons (Fsp3) is 0.600. The van der Waals surface area contributed by atoms with Gasteiger partial charge in [-0.3, -0.25) is 0 Å². The van der Waals surface area contributed by atoms with E-state index >= 15 is 0 Å². The molecule has 0 bridgehead atoms. The van der Waals surface area contributed by atoms with E-state index in [1.165, 1.54) is 6.20 Å². The Morgan fingerprint density at radius 2 is 2.31 bits per heavy atom. The predicted molar refractivity (Wildman–Crippen MR) is 61.4 cm³/mol. The Labute approximate surface area is 95.7 Å². The van der Waals surface area contributed by atoms with Gasteiger partial charge in [0.05, 0.1) is 4.90 Å². The maximum absolute atomic E-state index is 12.2. The Balaban J connectivity index is 2.25. The molecule has 2 atom stereocenters. The molecular weight excluding hydrogens is 226 g/mol. The van der Waals surface area contributed by atoms with Crippen molar-refractivity contribution < 1.29 is 8.42 Å². The Bertz CT molecular complexity index is 441. The first-order valence-corrected chi connectivity index (χ1v) is 6.86. The molecule has 6 heteroatoms. The lowest BCUT2D eigenvalue weighted by molar-refractivity contribution is 0.247. The van der Waals surface area contributed by atoms with Gasteiger partial charge in [0.2, 0.25) is 10.0 Å². The van der Waals surface area contributed by atoms with Crippen LogP contribution in [-0.2, 0) is 10.0 Å². The van der Waals surface area contributed by atoms with Gasteiger partial charge in [-0.05, 0) is 25.8 Å². The first-order valence-electron chi connectivity index (χ1n) is 5.42. The molecule has 1 fully saturated rings. The average Bonchev–Trinajstić information content (AvgIpc) is 2.69. The van der Waals surface area contributed by atoms with Crippen molar-refractivity contribution in [3.05, 3.63) is 18.5 Å². The monoisotopic (exact) mass is 243 g/mol. The van der Waals surface area contributed by atoms with Crippen LogP contribution in [0, 0.1) is 0 Å². The third-order valence-corrected chi connectivity index (χ3v) is 5.04. The number of aromatic nitrogens is 1. The molecule has 0 aliphatic carbocycles. The largest absolute Gasteiger partial charge is 0.366 e. The van der Waals surface area contributed by atoms with Crippen LogP contribution in [0.15, 0.2) is 23.4 Å². The minimum atomic E-state index is -3.34. The number of hydrogen-bond acceptors (Lipinski definition) is 3. The Morgan fingerprint density at radius 3 is 2.88 bits per heavy atom. The van der Waals surface area contributed by atoms with Crippen LogP contribution in [0.4, 0.5) is 0 Å². The number of H-pyrrole nitrogens is 1. The van der Waals surface area contributed by atoms with Gasteiger partial charge in [0, 0.05) is 31.0 Å². The van der Waals surface area contributed by atoms with E-state index in [2.05, 4.69) is 4.98 Å². The smallest absolute Gasteiger partial charge is 0.244 e. The fourth-order valence-electron chi connectivity index (χ4n) is 2.15. The van der Waals surface area contributed by atoms with Crippen LogP contribution >= 0.6 is 0 Å². The molecular formula is C10H17N3O2S. The molecule has 90 valence electrons. The molecule has 16 heavy (non-hydrogen) atoms. The van der Waals surface area contributed by atoms with Gasteiger partial charge in [-0.25, -0.2) is 8.42 Å². The molecule has 0 spiro atoms. The third kappa shape index (κ3) is 2.00. The minimum Gasteiger partial charge on any atom is -0.366 e. The van der Waals surface area contributed by atoms with Gasteiger partial charge in [-0.15, -0.1) is 0 Å². The topological polar surface area (TPSA) is 79.2 Å². The summed E-state index contributed by atoms with van der Waals surface area (Å²) >= 11 is 0. The summed E-state index contributed by atoms with van der Waals surface area (Å²) in [6, 6.07) is 1.67. The molecule has 0 amide bonds. The van der Waals surface area contributed by atoms with Crippen molar-refractivity contribution in [2.24, 2.45) is 5.73 Å². The number of hydrogen-bond donors (Lipinski definition) is 2. The molecule has 1 saturated heterocycles. The highest BCUT2D eigenvalue weighted by molar-refractivity contribution is 7.89. The summed E-state index contributed by atoms with van der Waals surface area (Å²) in [4.78, 5) is 3.10. The van der Waals surface area contributed by atoms with Crippen LogP contribution in [0.1, 0.15) is 19.8 Å². The van der Waals surface area contributed by atoms with E-state index in [1.54, 1.807) is 16.6 Å². The summed E-state index contributed by atoms with van der Waals surface area (Å²) in [5.41, 5.74) is 5.82. The summed E-state index contributed by atoms with van der Waals surface area (Å²) < 4.78 is 26.0. The maximum atomic E-state index is 12.2. The van der Waals surface area contributed by atoms with Gasteiger partial charge in [-0.2, -0.15) is 4.31 Å². The molecule has 2 rings (SSSR count). The SMILES string of the molecule is CC1CC(N)CCN1S(=O)(=O)c1cc[nH]c1. The quantitative estimate of drug-likeness (QED) is 0.794. The normalized spacial score (nSPS) is 28.1. The van der Waals surface area contributed by atoms with Gasteiger partial charge < -0.3 is 10.7 Å². The summed E-state index contributed by atoms with van der Waals surface area (Å²) in [7, 11) is -3.34. The number of rotatable bonds is 2. The number of aromatic amines is 1. The van der Waals surface area contributed by atoms with Crippen LogP contribution in [-0.4, -0.2) is 36.3 Å². The van der Waals surface area contributed by atoms with E-state index in [0.29, 0.717) is 11.4 Å². The molecule has 2 unspecified atom stereocenters. The molecule has 1 aliphatic heterocycles. The highest BCUT2D eigenvalue weighted by atomic mass is 32.2. The van der Waals surface area contributed by atoms with Gasteiger partial charge in [-0.1, -0.05) is 0 Å². The molecule has 1 aromatic heterocycles. The minimum absolute atomic E-state index is 0.0244. The van der Waals surface area contributed by atoms with Crippen molar-refractivity contribution in [1.29, 1.82) is 0 Å². The van der Waals surface area contributed by atoms with Gasteiger partial charge in [0.15, 0.2) is 0 Å². The van der Waals surface area contributed by atoms with Crippen LogP contribution in [0.5, 0.6) is 0 Å². The van der Waals surface area contributed by atoms with Crippen molar-refractivity contribution in [2.75, 3.05) is 6.54 Å². The van der Waals surface area contributed by atoms with Crippen LogP contribution in [0.25, 0.3) is 0 Å². The molecule has 5 nitrogen and oxygen atoms in total. The van der Waals surface area contributed by atoms with Gasteiger partial charge in [0.25, 0.3) is 0 Å². The summed E-state index contributed by atoms with van der Waals surface area (Å²) in [6.07, 6.45) is 4.58. The maximum Gasteiger partial charge on any atom is 0.244 e. The van der Waals surface area contributed by atoms with E-state index in [1.807, 2.05) is 6.92 Å². The summed E-state index contributed by atoms with van der Waals surface area (Å²) in [5.74, 6) is 0. The number of piperidine rings is 1. The predicted octanol–water partition coefficient (Wildman–Crippen LogP) is 0.515. The second-order valence-corrected chi connectivity index (χ2v) is 6.19. The lowest BCUT2D eigenvalue weighted by Crippen LogP contribution is -2.48. The zero-order valence-corrected chi connectivity index (χ0v) is 10.1. The number of nitrogens with two attached hydrogens (primary N) is 1. The highest BCUT2D eigenvalue weighted by Gasteiger charge is 2.33. The Kier molecular flexibility index (Phi) is 3.05. The average molecular weight is 243 g/mol. The van der Waals surface area contributed by atoms with E-state index in [0.717, 1.165) is 12.8 Å². The summed E-state index contributed by atoms with van der Waals surface area (Å²) in [5, 5.41) is 0. The van der Waals surface area contributed by atoms with Crippen molar-refractivity contribution in [2.45, 2.75) is 36.7 Å². The molecule has 1 aliphatic rings. The molecule has 0 radical (unpaired) electrons. The number of nitrogens with zero attached hydrogens (tertiary/aromatic N) is 1. The lowest BCUT2D eigenvalue weighted by atomic mass is 10.0. The Hall–Kier alpha value is -0.850. The number of nitrogens with one attached hydrogen (secondary N) is 1. The standard InChI is InChI=1S/C10H17N3O2S/c1-8-6-9(11)3-5-13(8)16(14,15)10-2-4-12-7-10/h2,4,7-9,12H,3,5-6,11H2,1H3. The number of sulfonamides is 1. The zero-order valence-electron chi connectivity index (χ0n) is 9.26. The highest BCUT2D eigenvalue weighted by Crippen LogP contribution is 2.24. The first-order chi connectivity index (χ1) is 7.51. The second kappa shape index (κ2) is 4.20. The van der Waals surface area contributed by atoms with E-state index < -0.39 is 10.0 Å². The van der Waals surface area contributed by atoms with Crippen molar-refractivity contribution >= 4 is 10.0 Å². The molecule has 3 N–H and O–H groups in total. The Morgan fingerprint density at radius 1 is 1.56 bits per heavy atom. The molecule has 0 aromatic carbocycles. The molecule has 0 saturated carbocycles. The zero-order chi connectivity index (χ0) is 11.8. The third-order valence-electron chi connectivity index (χ3n) is 3.03. The summed E-state index contributed by atoms with van der Waals surface area (Å²) in [6.45, 7) is 2.42. The van der Waals surface area contributed by atoms with Crippen molar-refractivity contribution in [3.63, 3.8) is 0 Å². The van der Waals surface area contributed by atoms with Crippen LogP contribution < -0.4 is 5.73 Å². The van der Waals surface area contributed by atoms with Crippen LogP contribution in [0.2, 0.25) is 0 Å². The first kappa shape index (κ1) is 11.6. The molecule has 1 aromatic rings. The van der Waals surface area contributed by atoms with Crippen LogP contribution in [0.3, 0.4) is 0 Å². The fourth-order valence-corrected chi connectivity index (χ4v) is 3.78. The van der Waals surface area contributed by atoms with E-state index in [-0.39, 0.29) is 12.1 Å². The second-order valence-electron chi connectivity index (χ2n) is 4.30. The van der Waals surface area contributed by atoms with E-state index in [4.69, 9.17) is 5.73 Å². The van der Waals surface area contributed by atoms with Crippen molar-refractivity contribution in [3.8, 4) is 0 Å². The van der Waals surface area contributed by atoms with Crippen molar-refractivity contribution in [1.82, 2.24) is 9.29 Å². The van der Waals surface area contributed by atoms with Gasteiger partial charge in [0.1, 0.15) is 0 Å². The van der Waals surface area contributed by atoms with E-state index in [9.17, 15) is 8.42 Å². The van der Waals surface area contributed by atoms with Gasteiger partial charge >= 0.3 is 0 Å². The lowest BCUT2D eigenvalue weighted by Gasteiger charge is -2.34.